The molecule has 0 fully saturated rings. The minimum absolute atomic E-state index is 0.00221. The highest BCUT2D eigenvalue weighted by atomic mass is 16.6. The Balaban J connectivity index is 2.40. The van der Waals surface area contributed by atoms with Gasteiger partial charge in [-0.3, -0.25) is 10.1 Å². The average Bonchev–Trinajstić information content (AvgIpc) is 2.99. The van der Waals surface area contributed by atoms with Crippen molar-refractivity contribution in [1.29, 1.82) is 0 Å². The fraction of sp³-hybridized carbons (Fsp3) is 0.333. The van der Waals surface area contributed by atoms with Crippen LogP contribution in [0.15, 0.2) is 24.3 Å². The zero-order valence-corrected chi connectivity index (χ0v) is 13.7. The van der Waals surface area contributed by atoms with Crippen LogP contribution in [0.1, 0.15) is 40.4 Å². The number of ether oxygens (including phenoxy) is 2. The van der Waals surface area contributed by atoms with E-state index in [9.17, 15) is 19.7 Å². The molecule has 10 heteroatoms. The normalized spacial score (nSPS) is 10.3. The minimum atomic E-state index is -0.796. The van der Waals surface area contributed by atoms with Gasteiger partial charge in [0.1, 0.15) is 0 Å². The molecule has 2 aromatic rings. The SMILES string of the molecule is CCOC(=O)c1nnn(Cc2cccc([N+](=O)[O-])c2)c1C(=O)OCC. The second-order valence-corrected chi connectivity index (χ2v) is 4.81. The van der Waals surface area contributed by atoms with E-state index >= 15 is 0 Å². The number of hydrogen-bond donors (Lipinski definition) is 0. The summed E-state index contributed by atoms with van der Waals surface area (Å²) in [5.41, 5.74) is -0.00138. The molecule has 0 N–H and O–H groups in total. The number of rotatable bonds is 7. The predicted molar refractivity (Wildman–Crippen MR) is 84.1 cm³/mol. The van der Waals surface area contributed by atoms with Crippen LogP contribution in [0.2, 0.25) is 0 Å². The zero-order valence-electron chi connectivity index (χ0n) is 13.7. The molecule has 0 atom stereocenters. The Morgan fingerprint density at radius 1 is 1.20 bits per heavy atom. The van der Waals surface area contributed by atoms with E-state index < -0.39 is 16.9 Å². The van der Waals surface area contributed by atoms with Gasteiger partial charge in [-0.25, -0.2) is 14.3 Å². The van der Waals surface area contributed by atoms with Crippen LogP contribution in [0.5, 0.6) is 0 Å². The number of nitro benzene ring substituents is 1. The predicted octanol–water partition coefficient (Wildman–Crippen LogP) is 1.59. The highest BCUT2D eigenvalue weighted by Gasteiger charge is 2.27. The topological polar surface area (TPSA) is 126 Å². The molecule has 1 aromatic carbocycles. The van der Waals surface area contributed by atoms with Crippen molar-refractivity contribution in [2.75, 3.05) is 13.2 Å². The van der Waals surface area contributed by atoms with Gasteiger partial charge in [0, 0.05) is 12.1 Å². The second kappa shape index (κ2) is 7.99. The van der Waals surface area contributed by atoms with E-state index in [1.54, 1.807) is 19.9 Å². The largest absolute Gasteiger partial charge is 0.461 e. The van der Waals surface area contributed by atoms with Gasteiger partial charge in [-0.15, -0.1) is 5.10 Å². The molecule has 0 aliphatic rings. The van der Waals surface area contributed by atoms with Crippen LogP contribution in [0.4, 0.5) is 5.69 Å². The molecule has 1 heterocycles. The zero-order chi connectivity index (χ0) is 18.4. The number of benzene rings is 1. The van der Waals surface area contributed by atoms with Crippen molar-refractivity contribution in [2.24, 2.45) is 0 Å². The molecule has 2 rings (SSSR count). The molecule has 0 unspecified atom stereocenters. The molecule has 132 valence electrons. The minimum Gasteiger partial charge on any atom is -0.461 e. The summed E-state index contributed by atoms with van der Waals surface area (Å²) in [6.07, 6.45) is 0. The van der Waals surface area contributed by atoms with Gasteiger partial charge in [0.25, 0.3) is 5.69 Å². The summed E-state index contributed by atoms with van der Waals surface area (Å²) < 4.78 is 11.0. The van der Waals surface area contributed by atoms with E-state index in [1.807, 2.05) is 0 Å². The van der Waals surface area contributed by atoms with Gasteiger partial charge in [-0.2, -0.15) is 0 Å². The van der Waals surface area contributed by atoms with Crippen molar-refractivity contribution in [1.82, 2.24) is 15.0 Å². The Morgan fingerprint density at radius 3 is 2.52 bits per heavy atom. The lowest BCUT2D eigenvalue weighted by Crippen LogP contribution is -2.18. The molecule has 0 saturated heterocycles. The first-order valence-electron chi connectivity index (χ1n) is 7.49. The standard InChI is InChI=1S/C15H16N4O6/c1-3-24-14(20)12-13(15(21)25-4-2)18(17-16-12)9-10-6-5-7-11(8-10)19(22)23/h5-8H,3-4,9H2,1-2H3. The number of nitrogens with zero attached hydrogens (tertiary/aromatic N) is 4. The molecule has 0 radical (unpaired) electrons. The summed E-state index contributed by atoms with van der Waals surface area (Å²) in [6.45, 7) is 3.45. The number of carbonyl (C=O) groups excluding carboxylic acids is 2. The Kier molecular flexibility index (Phi) is 5.77. The summed E-state index contributed by atoms with van der Waals surface area (Å²) in [5, 5.41) is 18.3. The summed E-state index contributed by atoms with van der Waals surface area (Å²) in [6, 6.07) is 5.84. The van der Waals surface area contributed by atoms with Gasteiger partial charge in [-0.05, 0) is 19.4 Å². The van der Waals surface area contributed by atoms with Crippen LogP contribution in [-0.4, -0.2) is 45.1 Å². The van der Waals surface area contributed by atoms with Gasteiger partial charge in [0.05, 0.1) is 24.7 Å². The molecule has 0 saturated carbocycles. The third kappa shape index (κ3) is 4.16. The van der Waals surface area contributed by atoms with Gasteiger partial charge >= 0.3 is 11.9 Å². The van der Waals surface area contributed by atoms with E-state index in [0.717, 1.165) is 4.68 Å². The molecule has 0 aliphatic heterocycles. The highest BCUT2D eigenvalue weighted by molar-refractivity contribution is 6.00. The Morgan fingerprint density at radius 2 is 1.88 bits per heavy atom. The summed E-state index contributed by atoms with van der Waals surface area (Å²) in [5.74, 6) is -1.57. The molecule has 0 bridgehead atoms. The lowest BCUT2D eigenvalue weighted by atomic mass is 10.2. The molecule has 25 heavy (non-hydrogen) atoms. The first-order chi connectivity index (χ1) is 12.0. The fourth-order valence-corrected chi connectivity index (χ4v) is 2.10. The number of carbonyl (C=O) groups is 2. The van der Waals surface area contributed by atoms with E-state index in [2.05, 4.69) is 10.3 Å². The number of non-ortho nitro benzene ring substituents is 1. The van der Waals surface area contributed by atoms with Gasteiger partial charge in [0.2, 0.25) is 5.69 Å². The first kappa shape index (κ1) is 18.0. The van der Waals surface area contributed by atoms with E-state index in [4.69, 9.17) is 9.47 Å². The smallest absolute Gasteiger partial charge is 0.361 e. The average molecular weight is 348 g/mol. The maximum atomic E-state index is 12.2. The van der Waals surface area contributed by atoms with Crippen LogP contribution in [-0.2, 0) is 16.0 Å². The van der Waals surface area contributed by atoms with Crippen LogP contribution in [0.3, 0.4) is 0 Å². The number of esters is 2. The highest BCUT2D eigenvalue weighted by Crippen LogP contribution is 2.16. The number of aromatic nitrogens is 3. The fourth-order valence-electron chi connectivity index (χ4n) is 2.10. The first-order valence-corrected chi connectivity index (χ1v) is 7.49. The van der Waals surface area contributed by atoms with Crippen molar-refractivity contribution < 1.29 is 24.0 Å². The second-order valence-electron chi connectivity index (χ2n) is 4.81. The molecular weight excluding hydrogens is 332 g/mol. The van der Waals surface area contributed by atoms with Crippen molar-refractivity contribution >= 4 is 17.6 Å². The Hall–Kier alpha value is -3.30. The molecular formula is C15H16N4O6. The monoisotopic (exact) mass is 348 g/mol. The molecule has 1 aromatic heterocycles. The maximum absolute atomic E-state index is 12.2. The summed E-state index contributed by atoms with van der Waals surface area (Å²) in [4.78, 5) is 34.5. The molecule has 0 aliphatic carbocycles. The van der Waals surface area contributed by atoms with E-state index in [1.165, 1.54) is 18.2 Å². The van der Waals surface area contributed by atoms with E-state index in [-0.39, 0.29) is 36.8 Å². The lowest BCUT2D eigenvalue weighted by molar-refractivity contribution is -0.384. The van der Waals surface area contributed by atoms with Crippen molar-refractivity contribution in [3.05, 3.63) is 51.3 Å². The Labute approximate surface area is 142 Å². The molecule has 0 spiro atoms. The Bertz CT molecular complexity index is 801. The molecule has 10 nitrogen and oxygen atoms in total. The van der Waals surface area contributed by atoms with Crippen LogP contribution >= 0.6 is 0 Å². The molecule has 0 amide bonds. The van der Waals surface area contributed by atoms with Gasteiger partial charge < -0.3 is 9.47 Å². The third-order valence-corrected chi connectivity index (χ3v) is 3.13. The van der Waals surface area contributed by atoms with Gasteiger partial charge in [0.15, 0.2) is 5.69 Å². The van der Waals surface area contributed by atoms with Crippen molar-refractivity contribution in [2.45, 2.75) is 20.4 Å². The third-order valence-electron chi connectivity index (χ3n) is 3.13. The summed E-state index contributed by atoms with van der Waals surface area (Å²) in [7, 11) is 0. The van der Waals surface area contributed by atoms with Crippen molar-refractivity contribution in [3.8, 4) is 0 Å². The van der Waals surface area contributed by atoms with Crippen LogP contribution in [0.25, 0.3) is 0 Å². The quantitative estimate of drug-likeness (QED) is 0.419. The number of nitro groups is 1. The van der Waals surface area contributed by atoms with Crippen molar-refractivity contribution in [3.63, 3.8) is 0 Å². The lowest BCUT2D eigenvalue weighted by Gasteiger charge is -2.07. The van der Waals surface area contributed by atoms with E-state index in [0.29, 0.717) is 5.56 Å². The maximum Gasteiger partial charge on any atom is 0.361 e. The summed E-state index contributed by atoms with van der Waals surface area (Å²) >= 11 is 0. The van der Waals surface area contributed by atoms with Crippen LogP contribution < -0.4 is 0 Å². The van der Waals surface area contributed by atoms with Crippen LogP contribution in [0, 0.1) is 10.1 Å². The van der Waals surface area contributed by atoms with Gasteiger partial charge in [-0.1, -0.05) is 17.3 Å². The number of hydrogen-bond acceptors (Lipinski definition) is 8.